The van der Waals surface area contributed by atoms with Gasteiger partial charge in [-0.25, -0.2) is 4.98 Å². The molecule has 108 valence electrons. The summed E-state index contributed by atoms with van der Waals surface area (Å²) in [6, 6.07) is 13.9. The Morgan fingerprint density at radius 1 is 1.10 bits per heavy atom. The van der Waals surface area contributed by atoms with E-state index in [0.717, 1.165) is 47.0 Å². The topological polar surface area (TPSA) is 43.8 Å². The maximum Gasteiger partial charge on any atom is 0.110 e. The summed E-state index contributed by atoms with van der Waals surface area (Å²) in [5.41, 5.74) is 9.91. The smallest absolute Gasteiger partial charge is 0.110 e. The number of nitrogen functional groups attached to an aromatic ring is 1. The van der Waals surface area contributed by atoms with Gasteiger partial charge < -0.3 is 10.3 Å². The lowest BCUT2D eigenvalue weighted by Gasteiger charge is -2.06. The van der Waals surface area contributed by atoms with Gasteiger partial charge in [-0.1, -0.05) is 23.7 Å². The molecule has 0 radical (unpaired) electrons. The van der Waals surface area contributed by atoms with E-state index < -0.39 is 0 Å². The van der Waals surface area contributed by atoms with Gasteiger partial charge in [-0.05, 0) is 49.2 Å². The molecule has 0 aliphatic rings. The number of fused-ring (bicyclic) bond motifs is 1. The van der Waals surface area contributed by atoms with Crippen LogP contribution in [0.3, 0.4) is 0 Å². The van der Waals surface area contributed by atoms with E-state index in [4.69, 9.17) is 22.3 Å². The number of nitrogens with two attached hydrogens (primary N) is 1. The summed E-state index contributed by atoms with van der Waals surface area (Å²) < 4.78 is 2.25. The molecule has 0 aliphatic heterocycles. The molecule has 2 N–H and O–H groups in total. The van der Waals surface area contributed by atoms with Gasteiger partial charge in [0.15, 0.2) is 0 Å². The lowest BCUT2D eigenvalue weighted by atomic mass is 10.1. The molecule has 4 heteroatoms. The van der Waals surface area contributed by atoms with E-state index in [0.29, 0.717) is 0 Å². The van der Waals surface area contributed by atoms with Gasteiger partial charge in [0.05, 0.1) is 11.0 Å². The van der Waals surface area contributed by atoms with Crippen molar-refractivity contribution in [1.82, 2.24) is 9.55 Å². The summed E-state index contributed by atoms with van der Waals surface area (Å²) in [7, 11) is 0. The summed E-state index contributed by atoms with van der Waals surface area (Å²) >= 11 is 6.05. The van der Waals surface area contributed by atoms with Crippen LogP contribution < -0.4 is 5.73 Å². The molecule has 0 fully saturated rings. The molecule has 21 heavy (non-hydrogen) atoms. The SMILES string of the molecule is CCn1c(CCc2ccc(N)cc2)nc2cc(Cl)ccc21. The van der Waals surface area contributed by atoms with E-state index in [9.17, 15) is 0 Å². The molecule has 0 atom stereocenters. The van der Waals surface area contributed by atoms with Gasteiger partial charge in [0.2, 0.25) is 0 Å². The average molecular weight is 300 g/mol. The van der Waals surface area contributed by atoms with Crippen LogP contribution in [0.5, 0.6) is 0 Å². The number of hydrogen-bond acceptors (Lipinski definition) is 2. The highest BCUT2D eigenvalue weighted by Crippen LogP contribution is 2.21. The van der Waals surface area contributed by atoms with Crippen molar-refractivity contribution in [3.63, 3.8) is 0 Å². The number of aromatic nitrogens is 2. The number of benzene rings is 2. The van der Waals surface area contributed by atoms with Crippen molar-refractivity contribution in [2.45, 2.75) is 26.3 Å². The standard InChI is InChI=1S/C17H18ClN3/c1-2-21-16-9-6-13(18)11-15(16)20-17(21)10-5-12-3-7-14(19)8-4-12/h3-4,6-9,11H,2,5,10,19H2,1H3. The molecule has 3 nitrogen and oxygen atoms in total. The quantitative estimate of drug-likeness (QED) is 0.738. The minimum Gasteiger partial charge on any atom is -0.399 e. The molecule has 0 bridgehead atoms. The molecule has 0 saturated heterocycles. The zero-order chi connectivity index (χ0) is 14.8. The monoisotopic (exact) mass is 299 g/mol. The number of aryl methyl sites for hydroxylation is 3. The normalized spacial score (nSPS) is 11.1. The number of rotatable bonds is 4. The molecule has 3 aromatic rings. The van der Waals surface area contributed by atoms with Crippen LogP contribution in [0.25, 0.3) is 11.0 Å². The second-order valence-corrected chi connectivity index (χ2v) is 5.58. The van der Waals surface area contributed by atoms with Crippen LogP contribution in [0.15, 0.2) is 42.5 Å². The van der Waals surface area contributed by atoms with Gasteiger partial charge in [-0.2, -0.15) is 0 Å². The number of imidazole rings is 1. The number of anilines is 1. The zero-order valence-corrected chi connectivity index (χ0v) is 12.8. The van der Waals surface area contributed by atoms with Crippen LogP contribution in [0, 0.1) is 0 Å². The van der Waals surface area contributed by atoms with Crippen molar-refractivity contribution in [1.29, 1.82) is 0 Å². The first kappa shape index (κ1) is 14.0. The predicted octanol–water partition coefficient (Wildman–Crippen LogP) is 4.08. The van der Waals surface area contributed by atoms with Gasteiger partial charge >= 0.3 is 0 Å². The third-order valence-electron chi connectivity index (χ3n) is 3.72. The Bertz CT molecular complexity index is 760. The van der Waals surface area contributed by atoms with Crippen molar-refractivity contribution in [2.75, 3.05) is 5.73 Å². The van der Waals surface area contributed by atoms with Crippen molar-refractivity contribution < 1.29 is 0 Å². The molecule has 0 saturated carbocycles. The van der Waals surface area contributed by atoms with E-state index in [-0.39, 0.29) is 0 Å². The first-order valence-corrected chi connectivity index (χ1v) is 7.54. The van der Waals surface area contributed by atoms with Crippen LogP contribution >= 0.6 is 11.6 Å². The Morgan fingerprint density at radius 3 is 2.57 bits per heavy atom. The summed E-state index contributed by atoms with van der Waals surface area (Å²) in [6.07, 6.45) is 1.86. The number of nitrogens with zero attached hydrogens (tertiary/aromatic N) is 2. The molecule has 2 aromatic carbocycles. The minimum atomic E-state index is 0.730. The van der Waals surface area contributed by atoms with Crippen molar-refractivity contribution in [3.05, 3.63) is 58.9 Å². The molecule has 1 heterocycles. The molecule has 0 unspecified atom stereocenters. The first-order valence-electron chi connectivity index (χ1n) is 7.16. The highest BCUT2D eigenvalue weighted by molar-refractivity contribution is 6.31. The Morgan fingerprint density at radius 2 is 1.86 bits per heavy atom. The van der Waals surface area contributed by atoms with Crippen LogP contribution in [-0.2, 0) is 19.4 Å². The van der Waals surface area contributed by atoms with Gasteiger partial charge in [0.1, 0.15) is 5.82 Å². The van der Waals surface area contributed by atoms with Gasteiger partial charge in [-0.3, -0.25) is 0 Å². The third kappa shape index (κ3) is 2.88. The largest absolute Gasteiger partial charge is 0.399 e. The zero-order valence-electron chi connectivity index (χ0n) is 12.0. The maximum atomic E-state index is 6.05. The molecule has 3 rings (SSSR count). The lowest BCUT2D eigenvalue weighted by molar-refractivity contribution is 0.707. The van der Waals surface area contributed by atoms with Crippen molar-refractivity contribution in [2.24, 2.45) is 0 Å². The number of halogens is 1. The average Bonchev–Trinajstić information content (AvgIpc) is 2.83. The van der Waals surface area contributed by atoms with Gasteiger partial charge in [-0.15, -0.1) is 0 Å². The Hall–Kier alpha value is -2.00. The van der Waals surface area contributed by atoms with Gasteiger partial charge in [0, 0.05) is 23.7 Å². The highest BCUT2D eigenvalue weighted by Gasteiger charge is 2.09. The fourth-order valence-electron chi connectivity index (χ4n) is 2.64. The number of hydrogen-bond donors (Lipinski definition) is 1. The molecule has 0 aliphatic carbocycles. The van der Waals surface area contributed by atoms with Crippen molar-refractivity contribution in [3.8, 4) is 0 Å². The molecular weight excluding hydrogens is 282 g/mol. The molecule has 1 aromatic heterocycles. The predicted molar refractivity (Wildman–Crippen MR) is 88.7 cm³/mol. The van der Waals surface area contributed by atoms with Gasteiger partial charge in [0.25, 0.3) is 0 Å². The summed E-state index contributed by atoms with van der Waals surface area (Å²) in [6.45, 7) is 3.05. The molecule has 0 spiro atoms. The highest BCUT2D eigenvalue weighted by atomic mass is 35.5. The fraction of sp³-hybridized carbons (Fsp3) is 0.235. The second-order valence-electron chi connectivity index (χ2n) is 5.15. The summed E-state index contributed by atoms with van der Waals surface area (Å²) in [4.78, 5) is 4.73. The minimum absolute atomic E-state index is 0.730. The van der Waals surface area contributed by atoms with E-state index in [1.165, 1.54) is 5.56 Å². The summed E-state index contributed by atoms with van der Waals surface area (Å²) in [5.74, 6) is 1.10. The Labute approximate surface area is 129 Å². The Kier molecular flexibility index (Phi) is 3.84. The van der Waals surface area contributed by atoms with E-state index in [1.54, 1.807) is 0 Å². The fourth-order valence-corrected chi connectivity index (χ4v) is 2.80. The first-order chi connectivity index (χ1) is 10.2. The molecule has 0 amide bonds. The maximum absolute atomic E-state index is 6.05. The van der Waals surface area contributed by atoms with E-state index in [2.05, 4.69) is 23.6 Å². The van der Waals surface area contributed by atoms with Crippen LogP contribution in [0.4, 0.5) is 5.69 Å². The van der Waals surface area contributed by atoms with Crippen LogP contribution in [0.2, 0.25) is 5.02 Å². The van der Waals surface area contributed by atoms with Crippen molar-refractivity contribution >= 4 is 28.3 Å². The summed E-state index contributed by atoms with van der Waals surface area (Å²) in [5, 5.41) is 0.730. The third-order valence-corrected chi connectivity index (χ3v) is 3.96. The Balaban J connectivity index is 1.87. The molecular formula is C17H18ClN3. The second kappa shape index (κ2) is 5.78. The van der Waals surface area contributed by atoms with Crippen LogP contribution in [-0.4, -0.2) is 9.55 Å². The van der Waals surface area contributed by atoms with Crippen LogP contribution in [0.1, 0.15) is 18.3 Å². The van der Waals surface area contributed by atoms with E-state index in [1.807, 2.05) is 30.3 Å². The lowest BCUT2D eigenvalue weighted by Crippen LogP contribution is -2.03. The van der Waals surface area contributed by atoms with E-state index >= 15 is 0 Å².